The molecule has 0 fully saturated rings. The van der Waals surface area contributed by atoms with Gasteiger partial charge in [-0.15, -0.1) is 0 Å². The zero-order valence-electron chi connectivity index (χ0n) is 10.1. The van der Waals surface area contributed by atoms with Gasteiger partial charge in [-0.3, -0.25) is 0 Å². The third-order valence-corrected chi connectivity index (χ3v) is 2.32. The first kappa shape index (κ1) is 16.3. The van der Waals surface area contributed by atoms with Gasteiger partial charge in [0.25, 0.3) is 0 Å². The summed E-state index contributed by atoms with van der Waals surface area (Å²) in [6, 6.07) is 6.80. The first-order valence-corrected chi connectivity index (χ1v) is 5.88. The van der Waals surface area contributed by atoms with E-state index in [1.165, 1.54) is 30.3 Å². The molecule has 20 heavy (non-hydrogen) atoms. The molecule has 0 radical (unpaired) electrons. The molecule has 106 valence electrons. The molecular formula is C12H8Cl2F2N2O2. The van der Waals surface area contributed by atoms with E-state index in [0.29, 0.717) is 0 Å². The second kappa shape index (κ2) is 7.72. The summed E-state index contributed by atoms with van der Waals surface area (Å²) >= 11 is 10.7. The van der Waals surface area contributed by atoms with Crippen molar-refractivity contribution >= 4 is 29.2 Å². The third-order valence-electron chi connectivity index (χ3n) is 1.90. The van der Waals surface area contributed by atoms with E-state index >= 15 is 0 Å². The number of rotatable bonds is 1. The van der Waals surface area contributed by atoms with Gasteiger partial charge >= 0.3 is 5.97 Å². The molecule has 0 bridgehead atoms. The van der Waals surface area contributed by atoms with E-state index in [4.69, 9.17) is 23.2 Å². The highest BCUT2D eigenvalue weighted by atomic mass is 35.5. The van der Waals surface area contributed by atoms with Gasteiger partial charge in [0.2, 0.25) is 11.9 Å². The van der Waals surface area contributed by atoms with Crippen molar-refractivity contribution in [3.8, 4) is 0 Å². The van der Waals surface area contributed by atoms with Gasteiger partial charge in [-0.2, -0.15) is 8.78 Å². The van der Waals surface area contributed by atoms with E-state index in [0.717, 1.165) is 7.11 Å². The van der Waals surface area contributed by atoms with Crippen molar-refractivity contribution in [1.82, 2.24) is 9.97 Å². The van der Waals surface area contributed by atoms with Crippen LogP contribution < -0.4 is 0 Å². The Balaban J connectivity index is 0.000000217. The molecule has 0 spiro atoms. The summed E-state index contributed by atoms with van der Waals surface area (Å²) in [4.78, 5) is 17.3. The Morgan fingerprint density at radius 3 is 2.20 bits per heavy atom. The summed E-state index contributed by atoms with van der Waals surface area (Å²) in [6.45, 7) is 0. The third kappa shape index (κ3) is 5.07. The minimum Gasteiger partial charge on any atom is -0.465 e. The fraction of sp³-hybridized carbons (Fsp3) is 0.0833. The molecule has 2 aromatic heterocycles. The zero-order valence-corrected chi connectivity index (χ0v) is 11.6. The van der Waals surface area contributed by atoms with Crippen LogP contribution in [-0.2, 0) is 4.74 Å². The second-order valence-electron chi connectivity index (χ2n) is 3.25. The number of methoxy groups -OCH3 is 1. The molecule has 0 saturated carbocycles. The normalized spacial score (nSPS) is 9.45. The number of hydrogen-bond acceptors (Lipinski definition) is 4. The van der Waals surface area contributed by atoms with Crippen molar-refractivity contribution in [3.63, 3.8) is 0 Å². The molecule has 0 aliphatic carbocycles. The van der Waals surface area contributed by atoms with Crippen LogP contribution >= 0.6 is 23.2 Å². The van der Waals surface area contributed by atoms with Gasteiger partial charge in [0.1, 0.15) is 15.9 Å². The first-order chi connectivity index (χ1) is 9.43. The van der Waals surface area contributed by atoms with Crippen LogP contribution in [0.5, 0.6) is 0 Å². The lowest BCUT2D eigenvalue weighted by atomic mass is 10.3. The van der Waals surface area contributed by atoms with Crippen molar-refractivity contribution in [2.75, 3.05) is 7.11 Å². The summed E-state index contributed by atoms with van der Waals surface area (Å²) in [7, 11) is 1.16. The molecule has 8 heteroatoms. The van der Waals surface area contributed by atoms with E-state index in [-0.39, 0.29) is 15.9 Å². The Morgan fingerprint density at radius 2 is 1.75 bits per heavy atom. The number of carbonyl (C=O) groups is 1. The van der Waals surface area contributed by atoms with E-state index in [1.807, 2.05) is 0 Å². The van der Waals surface area contributed by atoms with E-state index in [2.05, 4.69) is 14.7 Å². The number of pyridine rings is 2. The molecule has 0 aliphatic rings. The molecule has 0 unspecified atom stereocenters. The molecule has 0 amide bonds. The van der Waals surface area contributed by atoms with Crippen LogP contribution in [0.15, 0.2) is 30.3 Å². The Kier molecular flexibility index (Phi) is 6.27. The molecule has 0 N–H and O–H groups in total. The van der Waals surface area contributed by atoms with Crippen molar-refractivity contribution in [1.29, 1.82) is 0 Å². The summed E-state index contributed by atoms with van der Waals surface area (Å²) in [5, 5.41) is 0.185. The monoisotopic (exact) mass is 320 g/mol. The standard InChI is InChI=1S/C7H5ClFNO2.C5H3ClFN/c1-12-7(11)4-2-3-5(8)10-6(4)9;6-4-2-1-3-5(7)8-4/h2-3H,1H3;1-3H. The van der Waals surface area contributed by atoms with Gasteiger partial charge in [-0.1, -0.05) is 29.3 Å². The molecule has 2 aromatic rings. The number of esters is 1. The van der Waals surface area contributed by atoms with E-state index in [1.54, 1.807) is 0 Å². The van der Waals surface area contributed by atoms with Crippen molar-refractivity contribution < 1.29 is 18.3 Å². The number of carbonyl (C=O) groups excluding carboxylic acids is 1. The first-order valence-electron chi connectivity index (χ1n) is 5.12. The van der Waals surface area contributed by atoms with Crippen LogP contribution in [0.1, 0.15) is 10.4 Å². The molecular weight excluding hydrogens is 313 g/mol. The molecule has 2 rings (SSSR count). The number of ether oxygens (including phenoxy) is 1. The maximum atomic E-state index is 12.8. The fourth-order valence-corrected chi connectivity index (χ4v) is 1.35. The van der Waals surface area contributed by atoms with Crippen molar-refractivity contribution in [2.45, 2.75) is 0 Å². The van der Waals surface area contributed by atoms with Gasteiger partial charge in [-0.05, 0) is 24.3 Å². The molecule has 0 saturated heterocycles. The molecule has 0 aromatic carbocycles. The molecule has 2 heterocycles. The minimum absolute atomic E-state index is 0.000142. The van der Waals surface area contributed by atoms with Gasteiger partial charge in [-0.25, -0.2) is 14.8 Å². The topological polar surface area (TPSA) is 52.1 Å². The highest BCUT2D eigenvalue weighted by molar-refractivity contribution is 6.29. The Labute approximate surface area is 123 Å². The largest absolute Gasteiger partial charge is 0.465 e. The Hall–Kier alpha value is -1.79. The van der Waals surface area contributed by atoms with Crippen LogP contribution in [-0.4, -0.2) is 23.0 Å². The Bertz CT molecular complexity index is 595. The summed E-state index contributed by atoms with van der Waals surface area (Å²) in [5.41, 5.74) is -0.220. The predicted octanol–water partition coefficient (Wildman–Crippen LogP) is 3.53. The van der Waals surface area contributed by atoms with Gasteiger partial charge in [0.15, 0.2) is 0 Å². The molecule has 4 nitrogen and oxygen atoms in total. The highest BCUT2D eigenvalue weighted by Crippen LogP contribution is 2.10. The SMILES string of the molecule is COC(=O)c1ccc(Cl)nc1F.Fc1cccc(Cl)n1. The molecule has 0 atom stereocenters. The Morgan fingerprint density at radius 1 is 1.10 bits per heavy atom. The second-order valence-corrected chi connectivity index (χ2v) is 4.02. The molecule has 0 aliphatic heterocycles. The summed E-state index contributed by atoms with van der Waals surface area (Å²) in [6.07, 6.45) is 0. The lowest BCUT2D eigenvalue weighted by Crippen LogP contribution is -2.05. The lowest BCUT2D eigenvalue weighted by Gasteiger charge is -1.99. The van der Waals surface area contributed by atoms with Gasteiger partial charge in [0.05, 0.1) is 7.11 Å². The van der Waals surface area contributed by atoms with Crippen LogP contribution in [0, 0.1) is 11.9 Å². The maximum absolute atomic E-state index is 12.8. The average Bonchev–Trinajstić information content (AvgIpc) is 2.38. The van der Waals surface area contributed by atoms with Crippen molar-refractivity contribution in [3.05, 3.63) is 58.1 Å². The van der Waals surface area contributed by atoms with E-state index < -0.39 is 17.9 Å². The quantitative estimate of drug-likeness (QED) is 0.595. The minimum atomic E-state index is -0.922. The number of hydrogen-bond donors (Lipinski definition) is 0. The maximum Gasteiger partial charge on any atom is 0.342 e. The lowest BCUT2D eigenvalue weighted by molar-refractivity contribution is 0.0594. The number of halogens is 4. The summed E-state index contributed by atoms with van der Waals surface area (Å²) < 4.78 is 29.1. The van der Waals surface area contributed by atoms with Crippen molar-refractivity contribution in [2.24, 2.45) is 0 Å². The fourth-order valence-electron chi connectivity index (χ4n) is 1.06. The van der Waals surface area contributed by atoms with Crippen LogP contribution in [0.25, 0.3) is 0 Å². The van der Waals surface area contributed by atoms with Crippen LogP contribution in [0.4, 0.5) is 8.78 Å². The average molecular weight is 321 g/mol. The number of aromatic nitrogens is 2. The zero-order chi connectivity index (χ0) is 15.1. The number of nitrogens with zero attached hydrogens (tertiary/aromatic N) is 2. The van der Waals surface area contributed by atoms with Gasteiger partial charge in [0, 0.05) is 0 Å². The van der Waals surface area contributed by atoms with Crippen LogP contribution in [0.3, 0.4) is 0 Å². The predicted molar refractivity (Wildman–Crippen MR) is 69.7 cm³/mol. The van der Waals surface area contributed by atoms with E-state index in [9.17, 15) is 13.6 Å². The van der Waals surface area contributed by atoms with Gasteiger partial charge < -0.3 is 4.74 Å². The van der Waals surface area contributed by atoms with Crippen LogP contribution in [0.2, 0.25) is 10.3 Å². The smallest absolute Gasteiger partial charge is 0.342 e. The highest BCUT2D eigenvalue weighted by Gasteiger charge is 2.12. The summed E-state index contributed by atoms with van der Waals surface area (Å²) in [5.74, 6) is -2.23.